The highest BCUT2D eigenvalue weighted by Crippen LogP contribution is 2.13. The second-order valence-corrected chi connectivity index (χ2v) is 4.80. The molecule has 14 heavy (non-hydrogen) atoms. The molecule has 1 aliphatic heterocycles. The van der Waals surface area contributed by atoms with Gasteiger partial charge in [0.25, 0.3) is 0 Å². The molecule has 1 unspecified atom stereocenters. The Morgan fingerprint density at radius 3 is 2.43 bits per heavy atom. The third kappa shape index (κ3) is 4.37. The van der Waals surface area contributed by atoms with Crippen LogP contribution in [0.15, 0.2) is 0 Å². The van der Waals surface area contributed by atoms with E-state index in [4.69, 9.17) is 4.74 Å². The van der Waals surface area contributed by atoms with Gasteiger partial charge in [-0.3, -0.25) is 9.59 Å². The van der Waals surface area contributed by atoms with E-state index in [0.717, 1.165) is 0 Å². The molecule has 0 spiro atoms. The lowest BCUT2D eigenvalue weighted by Crippen LogP contribution is -2.34. The first-order valence-electron chi connectivity index (χ1n) is 4.79. The lowest BCUT2D eigenvalue weighted by atomic mass is 9.97. The van der Waals surface area contributed by atoms with Crippen LogP contribution in [-0.4, -0.2) is 30.9 Å². The van der Waals surface area contributed by atoms with Gasteiger partial charge in [0.1, 0.15) is 6.10 Å². The molecule has 1 heterocycles. The summed E-state index contributed by atoms with van der Waals surface area (Å²) >= 11 is 0. The first kappa shape index (κ1) is 11.2. The van der Waals surface area contributed by atoms with Crippen LogP contribution in [-0.2, 0) is 14.3 Å². The van der Waals surface area contributed by atoms with Crippen molar-refractivity contribution in [2.24, 2.45) is 5.41 Å². The molecule has 4 nitrogen and oxygen atoms in total. The van der Waals surface area contributed by atoms with Crippen LogP contribution < -0.4 is 5.32 Å². The summed E-state index contributed by atoms with van der Waals surface area (Å²) in [5.41, 5.74) is 0.0504. The molecule has 0 bridgehead atoms. The van der Waals surface area contributed by atoms with E-state index in [2.05, 4.69) is 5.32 Å². The van der Waals surface area contributed by atoms with Gasteiger partial charge in [0.2, 0.25) is 5.91 Å². The van der Waals surface area contributed by atoms with E-state index in [0.29, 0.717) is 13.2 Å². The Balaban J connectivity index is 2.18. The predicted molar refractivity (Wildman–Crippen MR) is 51.8 cm³/mol. The van der Waals surface area contributed by atoms with E-state index >= 15 is 0 Å². The smallest absolute Gasteiger partial charge is 0.227 e. The number of carbonyl (C=O) groups is 2. The topological polar surface area (TPSA) is 58.7 Å². The van der Waals surface area contributed by atoms with Gasteiger partial charge in [-0.25, -0.2) is 0 Å². The van der Waals surface area contributed by atoms with Crippen LogP contribution in [0.25, 0.3) is 0 Å². The lowest BCUT2D eigenvalue weighted by molar-refractivity contribution is -0.129. The molecular weight excluding hydrogens is 182 g/mol. The average Bonchev–Trinajstić information content (AvgIpc) is 2.81. The molecule has 1 fully saturated rings. The molecule has 0 saturated carbocycles. The minimum absolute atomic E-state index is 0.0504. The Hall–Kier alpha value is -0.900. The normalized spacial score (nSPS) is 20.4. The van der Waals surface area contributed by atoms with Crippen molar-refractivity contribution < 1.29 is 14.3 Å². The molecule has 0 aliphatic carbocycles. The second kappa shape index (κ2) is 4.09. The summed E-state index contributed by atoms with van der Waals surface area (Å²) < 4.78 is 4.79. The standard InChI is InChI=1S/C10H17NO3/c1-10(2,3)6-11-9(13)4-7(12)8-5-14-8/h8H,4-6H2,1-3H3,(H,11,13). The third-order valence-electron chi connectivity index (χ3n) is 1.84. The molecule has 0 radical (unpaired) electrons. The van der Waals surface area contributed by atoms with Gasteiger partial charge in [-0.2, -0.15) is 0 Å². The van der Waals surface area contributed by atoms with E-state index in [1.54, 1.807) is 0 Å². The Morgan fingerprint density at radius 1 is 1.43 bits per heavy atom. The van der Waals surface area contributed by atoms with Crippen molar-refractivity contribution in [3.8, 4) is 0 Å². The maximum absolute atomic E-state index is 11.2. The molecule has 80 valence electrons. The zero-order valence-corrected chi connectivity index (χ0v) is 8.92. The van der Waals surface area contributed by atoms with Crippen molar-refractivity contribution in [3.63, 3.8) is 0 Å². The summed E-state index contributed by atoms with van der Waals surface area (Å²) in [5.74, 6) is -0.322. The molecular formula is C10H17NO3. The van der Waals surface area contributed by atoms with Crippen LogP contribution in [0.2, 0.25) is 0 Å². The molecule has 0 aromatic heterocycles. The summed E-state index contributed by atoms with van der Waals surface area (Å²) in [7, 11) is 0. The predicted octanol–water partition coefficient (Wildman–Crippen LogP) is 0.507. The molecule has 0 aromatic rings. The van der Waals surface area contributed by atoms with E-state index in [1.807, 2.05) is 20.8 Å². The monoisotopic (exact) mass is 199 g/mol. The largest absolute Gasteiger partial charge is 0.365 e. The number of nitrogens with one attached hydrogen (secondary N) is 1. The van der Waals surface area contributed by atoms with E-state index < -0.39 is 0 Å². The number of ketones is 1. The molecule has 1 rings (SSSR count). The summed E-state index contributed by atoms with van der Waals surface area (Å²) in [4.78, 5) is 22.4. The summed E-state index contributed by atoms with van der Waals surface area (Å²) in [6.07, 6.45) is -0.365. The van der Waals surface area contributed by atoms with Crippen LogP contribution in [0.4, 0.5) is 0 Å². The first-order valence-corrected chi connectivity index (χ1v) is 4.79. The third-order valence-corrected chi connectivity index (χ3v) is 1.84. The van der Waals surface area contributed by atoms with Gasteiger partial charge >= 0.3 is 0 Å². The fourth-order valence-electron chi connectivity index (χ4n) is 0.932. The Bertz CT molecular complexity index is 238. The van der Waals surface area contributed by atoms with Crippen molar-refractivity contribution in [1.29, 1.82) is 0 Å². The summed E-state index contributed by atoms with van der Waals surface area (Å²) in [6, 6.07) is 0. The number of carbonyl (C=O) groups excluding carboxylic acids is 2. The van der Waals surface area contributed by atoms with Gasteiger partial charge in [-0.15, -0.1) is 0 Å². The molecule has 1 aliphatic rings. The van der Waals surface area contributed by atoms with Crippen molar-refractivity contribution in [2.45, 2.75) is 33.3 Å². The fraction of sp³-hybridized carbons (Fsp3) is 0.800. The number of hydrogen-bond acceptors (Lipinski definition) is 3. The molecule has 4 heteroatoms. The molecule has 1 N–H and O–H groups in total. The molecule has 1 amide bonds. The maximum Gasteiger partial charge on any atom is 0.227 e. The summed E-state index contributed by atoms with van der Waals surface area (Å²) in [5, 5.41) is 2.72. The highest BCUT2D eigenvalue weighted by molar-refractivity contribution is 6.01. The van der Waals surface area contributed by atoms with Crippen LogP contribution in [0.3, 0.4) is 0 Å². The van der Waals surface area contributed by atoms with Crippen molar-refractivity contribution >= 4 is 11.7 Å². The van der Waals surface area contributed by atoms with Crippen molar-refractivity contribution in [1.82, 2.24) is 5.32 Å². The van der Waals surface area contributed by atoms with Gasteiger partial charge < -0.3 is 10.1 Å². The molecule has 1 atom stereocenters. The van der Waals surface area contributed by atoms with Crippen LogP contribution in [0.5, 0.6) is 0 Å². The number of Topliss-reactive ketones (excluding diaryl/α,β-unsaturated/α-hetero) is 1. The first-order chi connectivity index (χ1) is 6.38. The average molecular weight is 199 g/mol. The highest BCUT2D eigenvalue weighted by Gasteiger charge is 2.32. The van der Waals surface area contributed by atoms with Crippen LogP contribution >= 0.6 is 0 Å². The van der Waals surface area contributed by atoms with Crippen molar-refractivity contribution in [3.05, 3.63) is 0 Å². The van der Waals surface area contributed by atoms with Gasteiger partial charge in [0.05, 0.1) is 13.0 Å². The number of amides is 1. The second-order valence-electron chi connectivity index (χ2n) is 4.80. The van der Waals surface area contributed by atoms with E-state index in [1.165, 1.54) is 0 Å². The van der Waals surface area contributed by atoms with Gasteiger partial charge in [0, 0.05) is 6.54 Å². The van der Waals surface area contributed by atoms with Gasteiger partial charge in [0.15, 0.2) is 5.78 Å². The zero-order chi connectivity index (χ0) is 10.8. The molecule has 1 saturated heterocycles. The molecule has 0 aromatic carbocycles. The quantitative estimate of drug-likeness (QED) is 0.530. The van der Waals surface area contributed by atoms with Crippen LogP contribution in [0.1, 0.15) is 27.2 Å². The van der Waals surface area contributed by atoms with Gasteiger partial charge in [-0.05, 0) is 5.41 Å². The van der Waals surface area contributed by atoms with E-state index in [-0.39, 0.29) is 29.6 Å². The maximum atomic E-state index is 11.2. The minimum Gasteiger partial charge on any atom is -0.365 e. The number of epoxide rings is 1. The lowest BCUT2D eigenvalue weighted by Gasteiger charge is -2.18. The minimum atomic E-state index is -0.310. The van der Waals surface area contributed by atoms with Crippen molar-refractivity contribution in [2.75, 3.05) is 13.2 Å². The highest BCUT2D eigenvalue weighted by atomic mass is 16.6. The Labute approximate surface area is 84.0 Å². The van der Waals surface area contributed by atoms with E-state index in [9.17, 15) is 9.59 Å². The number of rotatable bonds is 4. The number of ether oxygens (including phenoxy) is 1. The van der Waals surface area contributed by atoms with Gasteiger partial charge in [-0.1, -0.05) is 20.8 Å². The summed E-state index contributed by atoms with van der Waals surface area (Å²) in [6.45, 7) is 7.15. The fourth-order valence-corrected chi connectivity index (χ4v) is 0.932. The van der Waals surface area contributed by atoms with Crippen LogP contribution in [0, 0.1) is 5.41 Å². The SMILES string of the molecule is CC(C)(C)CNC(=O)CC(=O)C1CO1. The zero-order valence-electron chi connectivity index (χ0n) is 8.92. The Kier molecular flexibility index (Phi) is 3.26. The Morgan fingerprint density at radius 2 is 2.00 bits per heavy atom. The number of hydrogen-bond donors (Lipinski definition) is 1.